The Labute approximate surface area is 72.5 Å². The van der Waals surface area contributed by atoms with Crippen molar-refractivity contribution in [2.24, 2.45) is 0 Å². The molecule has 0 aliphatic rings. The number of rotatable bonds is 2. The highest BCUT2D eigenvalue weighted by Gasteiger charge is 1.89. The Morgan fingerprint density at radius 3 is 2.82 bits per heavy atom. The van der Waals surface area contributed by atoms with Crippen LogP contribution in [0.2, 0.25) is 5.02 Å². The molecule has 1 aromatic carbocycles. The van der Waals surface area contributed by atoms with E-state index in [2.05, 4.69) is 0 Å². The van der Waals surface area contributed by atoms with E-state index in [9.17, 15) is 0 Å². The summed E-state index contributed by atoms with van der Waals surface area (Å²) in [5, 5.41) is 0.781. The molecular weight excluding hydrogens is 156 g/mol. The maximum atomic E-state index is 5.78. The third kappa shape index (κ3) is 2.77. The van der Waals surface area contributed by atoms with Gasteiger partial charge in [0.2, 0.25) is 0 Å². The average molecular weight is 166 g/mol. The fourth-order valence-electron chi connectivity index (χ4n) is 0.818. The predicted molar refractivity (Wildman–Crippen MR) is 49.7 cm³/mol. The molecule has 1 heteroatoms. The molecule has 0 saturated carbocycles. The van der Waals surface area contributed by atoms with E-state index in [1.807, 2.05) is 49.8 Å². The van der Waals surface area contributed by atoms with Gasteiger partial charge in [0.15, 0.2) is 0 Å². The second kappa shape index (κ2) is 4.20. The van der Waals surface area contributed by atoms with Crippen LogP contribution in [0.25, 0.3) is 0 Å². The van der Waals surface area contributed by atoms with Crippen molar-refractivity contribution >= 4 is 11.6 Å². The lowest BCUT2D eigenvalue weighted by atomic mass is 10.1. The summed E-state index contributed by atoms with van der Waals surface area (Å²) in [6, 6.07) is 7.76. The van der Waals surface area contributed by atoms with Crippen molar-refractivity contribution in [2.75, 3.05) is 0 Å². The van der Waals surface area contributed by atoms with Crippen molar-refractivity contribution < 1.29 is 0 Å². The van der Waals surface area contributed by atoms with Gasteiger partial charge in [-0.2, -0.15) is 0 Å². The van der Waals surface area contributed by atoms with E-state index >= 15 is 0 Å². The third-order valence-corrected chi connectivity index (χ3v) is 1.56. The third-order valence-electron chi connectivity index (χ3n) is 1.33. The van der Waals surface area contributed by atoms with Crippen LogP contribution < -0.4 is 0 Å². The molecule has 0 N–H and O–H groups in total. The molecule has 0 aromatic heterocycles. The average Bonchev–Trinajstić information content (AvgIpc) is 2.01. The second-order valence-electron chi connectivity index (χ2n) is 2.25. The molecule has 0 fully saturated rings. The SMILES string of the molecule is C/C=C/[CH]c1cccc(Cl)c1. The van der Waals surface area contributed by atoms with Gasteiger partial charge in [-0.15, -0.1) is 0 Å². The molecule has 57 valence electrons. The molecule has 0 aliphatic carbocycles. The Kier molecular flexibility index (Phi) is 3.18. The first-order valence-corrected chi connectivity index (χ1v) is 3.92. The molecule has 0 unspecified atom stereocenters. The molecule has 0 bridgehead atoms. The normalized spacial score (nSPS) is 10.7. The number of hydrogen-bond acceptors (Lipinski definition) is 0. The minimum absolute atomic E-state index is 0.781. The second-order valence-corrected chi connectivity index (χ2v) is 2.68. The van der Waals surface area contributed by atoms with E-state index in [0.29, 0.717) is 0 Å². The van der Waals surface area contributed by atoms with Gasteiger partial charge < -0.3 is 0 Å². The molecule has 0 nitrogen and oxygen atoms in total. The summed E-state index contributed by atoms with van der Waals surface area (Å²) in [5.74, 6) is 0. The first-order valence-electron chi connectivity index (χ1n) is 3.54. The van der Waals surface area contributed by atoms with Gasteiger partial charge in [-0.3, -0.25) is 0 Å². The van der Waals surface area contributed by atoms with Gasteiger partial charge >= 0.3 is 0 Å². The Balaban J connectivity index is 2.71. The van der Waals surface area contributed by atoms with Gasteiger partial charge in [0.25, 0.3) is 0 Å². The molecule has 0 atom stereocenters. The molecule has 1 rings (SSSR count). The Morgan fingerprint density at radius 1 is 1.36 bits per heavy atom. The molecule has 0 amide bonds. The molecule has 0 heterocycles. The fraction of sp³-hybridized carbons (Fsp3) is 0.100. The summed E-state index contributed by atoms with van der Waals surface area (Å²) in [6.07, 6.45) is 6.00. The lowest BCUT2D eigenvalue weighted by molar-refractivity contribution is 1.51. The van der Waals surface area contributed by atoms with Crippen LogP contribution in [0.3, 0.4) is 0 Å². The molecule has 1 radical (unpaired) electrons. The molecule has 0 saturated heterocycles. The maximum absolute atomic E-state index is 5.78. The molecule has 1 aromatic rings. The number of allylic oxidation sites excluding steroid dienone is 2. The Morgan fingerprint density at radius 2 is 2.18 bits per heavy atom. The number of benzene rings is 1. The van der Waals surface area contributed by atoms with Crippen LogP contribution in [0.15, 0.2) is 36.4 Å². The summed E-state index contributed by atoms with van der Waals surface area (Å²) < 4.78 is 0. The van der Waals surface area contributed by atoms with Crippen LogP contribution in [0.5, 0.6) is 0 Å². The van der Waals surface area contributed by atoms with Crippen molar-refractivity contribution in [3.8, 4) is 0 Å². The van der Waals surface area contributed by atoms with Crippen LogP contribution >= 0.6 is 11.6 Å². The summed E-state index contributed by atoms with van der Waals surface area (Å²) in [4.78, 5) is 0. The zero-order chi connectivity index (χ0) is 8.10. The zero-order valence-corrected chi connectivity index (χ0v) is 7.18. The topological polar surface area (TPSA) is 0 Å². The first kappa shape index (κ1) is 8.35. The summed E-state index contributed by atoms with van der Waals surface area (Å²) in [7, 11) is 0. The van der Waals surface area contributed by atoms with Gasteiger partial charge in [-0.05, 0) is 24.6 Å². The highest BCUT2D eigenvalue weighted by Crippen LogP contribution is 2.12. The van der Waals surface area contributed by atoms with Crippen LogP contribution in [-0.4, -0.2) is 0 Å². The van der Waals surface area contributed by atoms with Crippen molar-refractivity contribution in [1.82, 2.24) is 0 Å². The van der Waals surface area contributed by atoms with Gasteiger partial charge in [-0.25, -0.2) is 0 Å². The number of halogens is 1. The smallest absolute Gasteiger partial charge is 0.0408 e. The van der Waals surface area contributed by atoms with Gasteiger partial charge in [-0.1, -0.05) is 35.9 Å². The van der Waals surface area contributed by atoms with Gasteiger partial charge in [0.05, 0.1) is 0 Å². The van der Waals surface area contributed by atoms with Crippen LogP contribution in [0, 0.1) is 6.42 Å². The minimum atomic E-state index is 0.781. The zero-order valence-electron chi connectivity index (χ0n) is 6.42. The van der Waals surface area contributed by atoms with E-state index in [0.717, 1.165) is 10.6 Å². The lowest BCUT2D eigenvalue weighted by Gasteiger charge is -1.94. The Hall–Kier alpha value is -0.750. The first-order chi connectivity index (χ1) is 5.33. The lowest BCUT2D eigenvalue weighted by Crippen LogP contribution is -1.75. The molecule has 0 spiro atoms. The van der Waals surface area contributed by atoms with Gasteiger partial charge in [0, 0.05) is 11.4 Å². The van der Waals surface area contributed by atoms with E-state index in [-0.39, 0.29) is 0 Å². The molecule has 11 heavy (non-hydrogen) atoms. The molecule has 0 aliphatic heterocycles. The predicted octanol–water partition coefficient (Wildman–Crippen LogP) is 3.47. The summed E-state index contributed by atoms with van der Waals surface area (Å²) in [5.41, 5.74) is 1.13. The van der Waals surface area contributed by atoms with Crippen molar-refractivity contribution in [1.29, 1.82) is 0 Å². The standard InChI is InChI=1S/C10H10Cl/c1-2-3-5-9-6-4-7-10(11)8-9/h2-8H,1H3/b3-2+. The summed E-state index contributed by atoms with van der Waals surface area (Å²) >= 11 is 5.78. The van der Waals surface area contributed by atoms with Crippen LogP contribution in [0.4, 0.5) is 0 Å². The van der Waals surface area contributed by atoms with E-state index in [1.54, 1.807) is 0 Å². The van der Waals surface area contributed by atoms with E-state index < -0.39 is 0 Å². The van der Waals surface area contributed by atoms with Crippen LogP contribution in [-0.2, 0) is 0 Å². The monoisotopic (exact) mass is 165 g/mol. The van der Waals surface area contributed by atoms with Crippen molar-refractivity contribution in [2.45, 2.75) is 6.92 Å². The summed E-state index contributed by atoms with van der Waals surface area (Å²) in [6.45, 7) is 1.99. The highest BCUT2D eigenvalue weighted by atomic mass is 35.5. The van der Waals surface area contributed by atoms with Crippen molar-refractivity contribution in [3.63, 3.8) is 0 Å². The van der Waals surface area contributed by atoms with Crippen LogP contribution in [0.1, 0.15) is 12.5 Å². The largest absolute Gasteiger partial charge is 0.0910 e. The fourth-order valence-corrected chi connectivity index (χ4v) is 1.02. The maximum Gasteiger partial charge on any atom is 0.0408 e. The highest BCUT2D eigenvalue weighted by molar-refractivity contribution is 6.30. The quantitative estimate of drug-likeness (QED) is 0.630. The molecular formula is C10H10Cl. The van der Waals surface area contributed by atoms with Gasteiger partial charge in [0.1, 0.15) is 0 Å². The minimum Gasteiger partial charge on any atom is -0.0910 e. The van der Waals surface area contributed by atoms with Crippen molar-refractivity contribution in [3.05, 3.63) is 53.4 Å². The van der Waals surface area contributed by atoms with E-state index in [4.69, 9.17) is 11.6 Å². The van der Waals surface area contributed by atoms with E-state index in [1.165, 1.54) is 0 Å². The number of hydrogen-bond donors (Lipinski definition) is 0. The Bertz CT molecular complexity index is 251.